The Kier molecular flexibility index (Phi) is 4.41. The summed E-state index contributed by atoms with van der Waals surface area (Å²) in [5.74, 6) is -0.0690. The molecule has 0 saturated carbocycles. The molecule has 0 aliphatic rings. The summed E-state index contributed by atoms with van der Waals surface area (Å²) in [5.41, 5.74) is 5.61. The summed E-state index contributed by atoms with van der Waals surface area (Å²) in [6.07, 6.45) is 2.38. The molecule has 0 aliphatic carbocycles. The molecule has 0 aliphatic heterocycles. The molecule has 0 fully saturated rings. The van der Waals surface area contributed by atoms with E-state index in [1.54, 1.807) is 22.9 Å². The quantitative estimate of drug-likeness (QED) is 0.321. The lowest BCUT2D eigenvalue weighted by Gasteiger charge is -2.04. The average Bonchev–Trinajstić information content (AvgIpc) is 2.80. The largest absolute Gasteiger partial charge is 0.409 e. The minimum Gasteiger partial charge on any atom is -0.409 e. The van der Waals surface area contributed by atoms with Gasteiger partial charge in [-0.1, -0.05) is 12.1 Å². The van der Waals surface area contributed by atoms with Crippen molar-refractivity contribution in [3.8, 4) is 0 Å². The Morgan fingerprint density at radius 1 is 1.65 bits per heavy atom. The molecular weight excluding hydrogens is 280 g/mol. The summed E-state index contributed by atoms with van der Waals surface area (Å²) in [7, 11) is 0. The molecule has 2 aromatic heterocycles. The van der Waals surface area contributed by atoms with Gasteiger partial charge in [0.15, 0.2) is 11.0 Å². The summed E-state index contributed by atoms with van der Waals surface area (Å²) >= 11 is 1.31. The van der Waals surface area contributed by atoms with E-state index in [0.717, 1.165) is 11.3 Å². The highest BCUT2D eigenvalue weighted by Crippen LogP contribution is 2.25. The minimum atomic E-state index is -0.236. The van der Waals surface area contributed by atoms with Gasteiger partial charge in [0, 0.05) is 17.6 Å². The fraction of sp³-hybridized carbons (Fsp3) is 0.273. The highest BCUT2D eigenvalue weighted by atomic mass is 32.2. The lowest BCUT2D eigenvalue weighted by Crippen LogP contribution is -2.17. The molecule has 0 amide bonds. The second kappa shape index (κ2) is 6.24. The van der Waals surface area contributed by atoms with Crippen molar-refractivity contribution in [2.24, 2.45) is 10.9 Å². The molecule has 106 valence electrons. The van der Waals surface area contributed by atoms with E-state index in [1.165, 1.54) is 11.8 Å². The molecule has 0 radical (unpaired) electrons. The summed E-state index contributed by atoms with van der Waals surface area (Å²) in [6, 6.07) is 3.42. The molecule has 0 aromatic carbocycles. The normalized spacial score (nSPS) is 11.8. The second-order valence-electron chi connectivity index (χ2n) is 3.93. The van der Waals surface area contributed by atoms with Crippen molar-refractivity contribution in [2.75, 3.05) is 0 Å². The zero-order chi connectivity index (χ0) is 14.5. The third-order valence-corrected chi connectivity index (χ3v) is 3.47. The fourth-order valence-electron chi connectivity index (χ4n) is 1.57. The Morgan fingerprint density at radius 3 is 3.15 bits per heavy atom. The van der Waals surface area contributed by atoms with Crippen molar-refractivity contribution < 1.29 is 5.21 Å². The zero-order valence-electron chi connectivity index (χ0n) is 10.8. The Hall–Kier alpha value is -2.29. The first-order chi connectivity index (χ1) is 9.65. The highest BCUT2D eigenvalue weighted by Gasteiger charge is 2.10. The summed E-state index contributed by atoms with van der Waals surface area (Å²) in [5, 5.41) is 18.5. The monoisotopic (exact) mass is 294 g/mol. The van der Waals surface area contributed by atoms with Gasteiger partial charge >= 0.3 is 5.69 Å². The van der Waals surface area contributed by atoms with E-state index in [1.807, 2.05) is 6.92 Å². The number of hydrogen-bond acceptors (Lipinski definition) is 6. The molecule has 8 nitrogen and oxygen atoms in total. The van der Waals surface area contributed by atoms with Crippen LogP contribution in [0, 0.1) is 0 Å². The Labute approximate surface area is 118 Å². The van der Waals surface area contributed by atoms with Gasteiger partial charge in [-0.25, -0.2) is 9.89 Å². The zero-order valence-corrected chi connectivity index (χ0v) is 11.6. The first-order valence-corrected chi connectivity index (χ1v) is 6.74. The van der Waals surface area contributed by atoms with Crippen LogP contribution in [0.3, 0.4) is 0 Å². The van der Waals surface area contributed by atoms with Crippen LogP contribution in [0.2, 0.25) is 0 Å². The highest BCUT2D eigenvalue weighted by molar-refractivity contribution is 7.99. The fourth-order valence-corrected chi connectivity index (χ4v) is 2.46. The molecule has 0 atom stereocenters. The van der Waals surface area contributed by atoms with Crippen LogP contribution in [0.25, 0.3) is 0 Å². The smallest absolute Gasteiger partial charge is 0.343 e. The molecule has 0 saturated heterocycles. The van der Waals surface area contributed by atoms with Crippen LogP contribution < -0.4 is 11.4 Å². The van der Waals surface area contributed by atoms with E-state index >= 15 is 0 Å². The summed E-state index contributed by atoms with van der Waals surface area (Å²) < 4.78 is 1.56. The topological polar surface area (TPSA) is 122 Å². The summed E-state index contributed by atoms with van der Waals surface area (Å²) in [4.78, 5) is 16.4. The molecule has 0 spiro atoms. The van der Waals surface area contributed by atoms with Gasteiger partial charge in [0.05, 0.1) is 0 Å². The number of amidine groups is 1. The molecular formula is C11H14N6O2S. The molecule has 2 heterocycles. The lowest BCUT2D eigenvalue weighted by atomic mass is 10.3. The maximum Gasteiger partial charge on any atom is 0.343 e. The Bertz CT molecular complexity index is 678. The number of nitrogens with one attached hydrogen (secondary N) is 1. The SMILES string of the molecule is CCCn1c(Sc2ccnc(C(N)=NO)c2)n[nH]c1=O. The van der Waals surface area contributed by atoms with E-state index < -0.39 is 0 Å². The predicted molar refractivity (Wildman–Crippen MR) is 74.0 cm³/mol. The number of nitrogens with zero attached hydrogens (tertiary/aromatic N) is 4. The van der Waals surface area contributed by atoms with Crippen molar-refractivity contribution in [2.45, 2.75) is 29.9 Å². The maximum atomic E-state index is 11.6. The van der Waals surface area contributed by atoms with E-state index in [2.05, 4.69) is 20.3 Å². The van der Waals surface area contributed by atoms with E-state index in [9.17, 15) is 4.79 Å². The van der Waals surface area contributed by atoms with Crippen molar-refractivity contribution >= 4 is 17.6 Å². The number of nitrogens with two attached hydrogens (primary N) is 1. The number of aromatic nitrogens is 4. The van der Waals surface area contributed by atoms with Crippen LogP contribution in [-0.4, -0.2) is 30.8 Å². The van der Waals surface area contributed by atoms with Gasteiger partial charge in [-0.2, -0.15) is 0 Å². The van der Waals surface area contributed by atoms with Gasteiger partial charge in [0.25, 0.3) is 0 Å². The minimum absolute atomic E-state index is 0.0690. The molecule has 20 heavy (non-hydrogen) atoms. The molecule has 2 aromatic rings. The molecule has 0 bridgehead atoms. The van der Waals surface area contributed by atoms with Gasteiger partial charge in [-0.3, -0.25) is 9.55 Å². The van der Waals surface area contributed by atoms with Crippen LogP contribution in [0.4, 0.5) is 0 Å². The maximum absolute atomic E-state index is 11.6. The van der Waals surface area contributed by atoms with Crippen LogP contribution in [0.5, 0.6) is 0 Å². The van der Waals surface area contributed by atoms with Crippen LogP contribution >= 0.6 is 11.8 Å². The predicted octanol–water partition coefficient (Wildman–Crippen LogP) is 0.622. The number of aromatic amines is 1. The van der Waals surface area contributed by atoms with Gasteiger partial charge in [-0.15, -0.1) is 5.10 Å². The van der Waals surface area contributed by atoms with E-state index in [-0.39, 0.29) is 11.5 Å². The third kappa shape index (κ3) is 2.99. The molecule has 9 heteroatoms. The van der Waals surface area contributed by atoms with Crippen molar-refractivity contribution in [3.63, 3.8) is 0 Å². The van der Waals surface area contributed by atoms with Crippen LogP contribution in [0.15, 0.2) is 38.3 Å². The van der Waals surface area contributed by atoms with Gasteiger partial charge in [0.2, 0.25) is 0 Å². The Balaban J connectivity index is 2.29. The third-order valence-electron chi connectivity index (χ3n) is 2.48. The standard InChI is InChI=1S/C11H14N6O2S/c1-2-5-17-10(18)14-15-11(17)20-7-3-4-13-8(6-7)9(12)16-19/h3-4,6,19H,2,5H2,1H3,(H2,12,16)(H,14,18). The van der Waals surface area contributed by atoms with Crippen molar-refractivity contribution in [1.29, 1.82) is 0 Å². The Morgan fingerprint density at radius 2 is 2.45 bits per heavy atom. The van der Waals surface area contributed by atoms with Crippen LogP contribution in [-0.2, 0) is 6.54 Å². The van der Waals surface area contributed by atoms with Crippen LogP contribution in [0.1, 0.15) is 19.0 Å². The lowest BCUT2D eigenvalue weighted by molar-refractivity contribution is 0.318. The van der Waals surface area contributed by atoms with E-state index in [0.29, 0.717) is 17.4 Å². The summed E-state index contributed by atoms with van der Waals surface area (Å²) in [6.45, 7) is 2.58. The second-order valence-corrected chi connectivity index (χ2v) is 4.97. The average molecular weight is 294 g/mol. The van der Waals surface area contributed by atoms with E-state index in [4.69, 9.17) is 10.9 Å². The number of oxime groups is 1. The molecule has 0 unspecified atom stereocenters. The van der Waals surface area contributed by atoms with Crippen molar-refractivity contribution in [1.82, 2.24) is 19.7 Å². The van der Waals surface area contributed by atoms with Crippen molar-refractivity contribution in [3.05, 3.63) is 34.5 Å². The first-order valence-electron chi connectivity index (χ1n) is 5.92. The molecule has 2 rings (SSSR count). The number of H-pyrrole nitrogens is 1. The van der Waals surface area contributed by atoms with Gasteiger partial charge in [0.1, 0.15) is 5.69 Å². The number of hydrogen-bond donors (Lipinski definition) is 3. The first kappa shape index (κ1) is 14.1. The van der Waals surface area contributed by atoms with Gasteiger partial charge < -0.3 is 10.9 Å². The van der Waals surface area contributed by atoms with Gasteiger partial charge in [-0.05, 0) is 30.3 Å². The number of rotatable bonds is 5. The number of pyridine rings is 1. The molecule has 4 N–H and O–H groups in total.